The molecule has 184 valence electrons. The van der Waals surface area contributed by atoms with Crippen LogP contribution in [0, 0.1) is 11.6 Å². The number of rotatable bonds is 6. The van der Waals surface area contributed by atoms with Gasteiger partial charge in [0.1, 0.15) is 17.3 Å². The normalized spacial score (nSPS) is 13.8. The lowest BCUT2D eigenvalue weighted by atomic mass is 10.1. The maximum absolute atomic E-state index is 14.2. The van der Waals surface area contributed by atoms with Crippen molar-refractivity contribution in [2.45, 2.75) is 30.1 Å². The molecule has 0 aliphatic rings. The van der Waals surface area contributed by atoms with Crippen LogP contribution in [0.4, 0.5) is 35.1 Å². The second-order valence-corrected chi connectivity index (χ2v) is 9.43. The Labute approximate surface area is 188 Å². The van der Waals surface area contributed by atoms with Gasteiger partial charge >= 0.3 is 12.1 Å². The molecule has 1 aromatic carbocycles. The van der Waals surface area contributed by atoms with Gasteiger partial charge in [-0.3, -0.25) is 4.98 Å². The van der Waals surface area contributed by atoms with Crippen molar-refractivity contribution in [1.29, 1.82) is 0 Å². The van der Waals surface area contributed by atoms with Gasteiger partial charge in [-0.1, -0.05) is 6.92 Å². The van der Waals surface area contributed by atoms with E-state index in [2.05, 4.69) is 9.97 Å². The largest absolute Gasteiger partial charge is 0.456 e. The highest BCUT2D eigenvalue weighted by Gasteiger charge is 2.64. The number of alkyl halides is 6. The van der Waals surface area contributed by atoms with E-state index >= 15 is 0 Å². The molecule has 1 atom stereocenters. The average molecular weight is 513 g/mol. The van der Waals surface area contributed by atoms with E-state index in [0.717, 1.165) is 31.4 Å². The number of hydrogen-bond donors (Lipinski definition) is 0. The van der Waals surface area contributed by atoms with Crippen molar-refractivity contribution in [2.75, 3.05) is 5.75 Å². The third-order valence-corrected chi connectivity index (χ3v) is 6.70. The van der Waals surface area contributed by atoms with Crippen molar-refractivity contribution in [3.05, 3.63) is 54.0 Å². The molecule has 0 saturated heterocycles. The molecule has 14 heteroatoms. The third-order valence-electron chi connectivity index (χ3n) is 4.96. The Morgan fingerprint density at radius 2 is 1.53 bits per heavy atom. The second kappa shape index (κ2) is 8.64. The lowest BCUT2D eigenvalue weighted by Crippen LogP contribution is -2.41. The first kappa shape index (κ1) is 25.6. The highest BCUT2D eigenvalue weighted by atomic mass is 32.2. The minimum Gasteiger partial charge on any atom is -0.327 e. The van der Waals surface area contributed by atoms with E-state index in [9.17, 15) is 43.5 Å². The van der Waals surface area contributed by atoms with Crippen LogP contribution in [0.1, 0.15) is 18.8 Å². The molecule has 0 aliphatic carbocycles. The summed E-state index contributed by atoms with van der Waals surface area (Å²) in [5, 5.41) is 0. The fraction of sp³-hybridized carbons (Fsp3) is 0.300. The van der Waals surface area contributed by atoms with E-state index in [1.54, 1.807) is 0 Å². The molecule has 34 heavy (non-hydrogen) atoms. The number of benzene rings is 1. The summed E-state index contributed by atoms with van der Waals surface area (Å²) in [6, 6.07) is 3.41. The summed E-state index contributed by atoms with van der Waals surface area (Å²) in [6.07, 6.45) is -8.60. The van der Waals surface area contributed by atoms with Gasteiger partial charge in [0.2, 0.25) is 6.17 Å². The summed E-state index contributed by atoms with van der Waals surface area (Å²) < 4.78 is 132. The van der Waals surface area contributed by atoms with Crippen molar-refractivity contribution < 1.29 is 43.5 Å². The maximum Gasteiger partial charge on any atom is 0.456 e. The first-order valence-electron chi connectivity index (χ1n) is 9.40. The lowest BCUT2D eigenvalue weighted by molar-refractivity contribution is -0.305. The lowest BCUT2D eigenvalue weighted by Gasteiger charge is -2.23. The Balaban J connectivity index is 2.19. The summed E-state index contributed by atoms with van der Waals surface area (Å²) in [5.74, 6) is -8.65. The zero-order valence-corrected chi connectivity index (χ0v) is 18.2. The number of nitrogens with zero attached hydrogens (tertiary/aromatic N) is 3. The van der Waals surface area contributed by atoms with Gasteiger partial charge in [-0.15, -0.1) is 0 Å². The fourth-order valence-electron chi connectivity index (χ4n) is 3.09. The first-order chi connectivity index (χ1) is 15.6. The number of hydrogen-bond acceptors (Lipinski definition) is 4. The van der Waals surface area contributed by atoms with Crippen LogP contribution >= 0.6 is 0 Å². The molecule has 0 radical (unpaired) electrons. The van der Waals surface area contributed by atoms with E-state index in [4.69, 9.17) is 0 Å². The van der Waals surface area contributed by atoms with Gasteiger partial charge < -0.3 is 4.57 Å². The molecule has 0 saturated carbocycles. The molecule has 3 rings (SSSR count). The smallest absolute Gasteiger partial charge is 0.327 e. The summed E-state index contributed by atoms with van der Waals surface area (Å²) in [6.45, 7) is 1.26. The van der Waals surface area contributed by atoms with Crippen molar-refractivity contribution in [1.82, 2.24) is 14.5 Å². The predicted octanol–water partition coefficient (Wildman–Crippen LogP) is 5.43. The maximum atomic E-state index is 14.2. The Bertz CT molecular complexity index is 1320. The van der Waals surface area contributed by atoms with Crippen molar-refractivity contribution in [2.24, 2.45) is 7.05 Å². The van der Waals surface area contributed by atoms with E-state index in [0.29, 0.717) is 16.8 Å². The van der Waals surface area contributed by atoms with E-state index < -0.39 is 67.6 Å². The molecule has 0 amide bonds. The zero-order valence-electron chi connectivity index (χ0n) is 17.3. The van der Waals surface area contributed by atoms with Crippen LogP contribution in [0.15, 0.2) is 41.6 Å². The van der Waals surface area contributed by atoms with Crippen molar-refractivity contribution in [3.63, 3.8) is 0 Å². The molecular weight excluding hydrogens is 498 g/mol. The van der Waals surface area contributed by atoms with Crippen molar-refractivity contribution >= 4 is 9.84 Å². The van der Waals surface area contributed by atoms with Crippen LogP contribution in [-0.2, 0) is 16.9 Å². The number of aromatic nitrogens is 3. The van der Waals surface area contributed by atoms with Crippen molar-refractivity contribution in [3.8, 4) is 22.6 Å². The molecule has 0 bridgehead atoms. The summed E-state index contributed by atoms with van der Waals surface area (Å²) in [7, 11) is -3.22. The van der Waals surface area contributed by atoms with Crippen LogP contribution in [0.25, 0.3) is 22.6 Å². The molecule has 0 unspecified atom stereocenters. The Kier molecular flexibility index (Phi) is 6.50. The predicted molar refractivity (Wildman–Crippen MR) is 104 cm³/mol. The van der Waals surface area contributed by atoms with Gasteiger partial charge in [0, 0.05) is 24.9 Å². The summed E-state index contributed by atoms with van der Waals surface area (Å²) in [5.41, 5.74) is -1.75. The molecule has 2 heterocycles. The molecule has 0 fully saturated rings. The number of halogens is 8. The molecule has 0 aliphatic heterocycles. The Morgan fingerprint density at radius 1 is 0.941 bits per heavy atom. The molecular formula is C20H15F8N3O2S. The minimum atomic E-state index is -6.19. The Hall–Kier alpha value is -3.03. The third kappa shape index (κ3) is 4.50. The molecule has 3 aromatic rings. The van der Waals surface area contributed by atoms with Gasteiger partial charge in [0.25, 0.3) is 0 Å². The van der Waals surface area contributed by atoms with E-state index in [1.165, 1.54) is 6.92 Å². The van der Waals surface area contributed by atoms with E-state index in [1.807, 2.05) is 0 Å². The van der Waals surface area contributed by atoms with Crippen LogP contribution < -0.4 is 0 Å². The summed E-state index contributed by atoms with van der Waals surface area (Å²) in [4.78, 5) is 6.97. The standard InChI is InChI=1S/C20H15F8N3O2S/c1-3-34(32,33)15-6-11(10-4-12(21)7-13(22)5-10)8-29-16(15)18-30-9-14(31(18)2)17(23)19(24,25)20(26,27)28/h4-9,17H,3H2,1-2H3/t17-/m0/s1. The number of sulfone groups is 1. The fourth-order valence-corrected chi connectivity index (χ4v) is 4.15. The van der Waals surface area contributed by atoms with E-state index in [-0.39, 0.29) is 11.1 Å². The van der Waals surface area contributed by atoms with Gasteiger partial charge in [0.15, 0.2) is 15.7 Å². The van der Waals surface area contributed by atoms with Gasteiger partial charge in [0.05, 0.1) is 22.5 Å². The zero-order chi connectivity index (χ0) is 25.6. The van der Waals surface area contributed by atoms with Gasteiger partial charge in [-0.25, -0.2) is 26.6 Å². The molecule has 5 nitrogen and oxygen atoms in total. The SMILES string of the molecule is CCS(=O)(=O)c1cc(-c2cc(F)cc(F)c2)cnc1-c1ncc([C@H](F)C(F)(F)C(F)(F)F)n1C. The minimum absolute atomic E-state index is 0.0319. The second-order valence-electron chi connectivity index (χ2n) is 7.18. The highest BCUT2D eigenvalue weighted by molar-refractivity contribution is 7.91. The highest BCUT2D eigenvalue weighted by Crippen LogP contribution is 2.47. The monoisotopic (exact) mass is 513 g/mol. The number of pyridine rings is 1. The molecule has 0 N–H and O–H groups in total. The van der Waals surface area contributed by atoms with Crippen LogP contribution in [0.2, 0.25) is 0 Å². The van der Waals surface area contributed by atoms with Crippen LogP contribution in [0.3, 0.4) is 0 Å². The molecule has 0 spiro atoms. The average Bonchev–Trinajstić information content (AvgIpc) is 3.12. The van der Waals surface area contributed by atoms with Gasteiger partial charge in [-0.2, -0.15) is 22.0 Å². The topological polar surface area (TPSA) is 64.8 Å². The number of imidazole rings is 1. The van der Waals surface area contributed by atoms with Crippen LogP contribution in [-0.4, -0.2) is 40.8 Å². The quantitative estimate of drug-likeness (QED) is 0.413. The van der Waals surface area contributed by atoms with Gasteiger partial charge in [-0.05, 0) is 23.8 Å². The summed E-state index contributed by atoms with van der Waals surface area (Å²) >= 11 is 0. The molecule has 2 aromatic heterocycles. The Morgan fingerprint density at radius 3 is 2.06 bits per heavy atom. The van der Waals surface area contributed by atoms with Crippen LogP contribution in [0.5, 0.6) is 0 Å². The first-order valence-corrected chi connectivity index (χ1v) is 11.0.